The van der Waals surface area contributed by atoms with Gasteiger partial charge >= 0.3 is 40.8 Å². The van der Waals surface area contributed by atoms with Crippen LogP contribution < -0.4 is 0 Å². The van der Waals surface area contributed by atoms with Gasteiger partial charge in [-0.3, -0.25) is 14.6 Å². The second-order valence-corrected chi connectivity index (χ2v) is 24.9. The van der Waals surface area contributed by atoms with Crippen molar-refractivity contribution in [3.63, 3.8) is 0 Å². The Morgan fingerprint density at radius 1 is 0.452 bits per heavy atom. The zero-order valence-electron chi connectivity index (χ0n) is 42.4. The van der Waals surface area contributed by atoms with Gasteiger partial charge in [-0.1, -0.05) is 48.5 Å². The van der Waals surface area contributed by atoms with Crippen LogP contribution in [0.2, 0.25) is 0 Å². The van der Waals surface area contributed by atoms with Crippen molar-refractivity contribution in [2.24, 2.45) is 0 Å². The maximum atomic E-state index is 12.8. The number of aldehydes is 1. The molecule has 73 heavy (non-hydrogen) atoms. The Kier molecular flexibility index (Phi) is 20.1. The summed E-state index contributed by atoms with van der Waals surface area (Å²) < 4.78 is 122. The second-order valence-electron chi connectivity index (χ2n) is 16.9. The predicted octanol–water partition coefficient (Wildman–Crippen LogP) is 2.07. The van der Waals surface area contributed by atoms with Gasteiger partial charge in [0.15, 0.2) is 6.29 Å². The molecule has 0 bridgehead atoms. The van der Waals surface area contributed by atoms with Gasteiger partial charge in [-0.05, 0) is 25.0 Å². The van der Waals surface area contributed by atoms with E-state index >= 15 is 0 Å². The van der Waals surface area contributed by atoms with Crippen molar-refractivity contribution in [3.8, 4) is 0 Å². The molecular formula is C44H64N14O11S4. The van der Waals surface area contributed by atoms with Crippen LogP contribution in [0.3, 0.4) is 0 Å². The first kappa shape index (κ1) is 58.3. The number of carbonyl (C=O) groups excluding carboxylic acids is 1. The van der Waals surface area contributed by atoms with Crippen LogP contribution in [0.4, 0.5) is 0 Å². The fraction of sp³-hybridized carbons (Fsp3) is 0.432. The molecule has 0 aliphatic rings. The van der Waals surface area contributed by atoms with Crippen LogP contribution in [0.15, 0.2) is 98.1 Å². The van der Waals surface area contributed by atoms with Crippen molar-refractivity contribution in [2.75, 3.05) is 69.6 Å². The van der Waals surface area contributed by atoms with Crippen molar-refractivity contribution in [1.82, 2.24) is 62.8 Å². The van der Waals surface area contributed by atoms with E-state index in [1.165, 1.54) is 106 Å². The number of ether oxygens (including phenoxy) is 2. The first-order chi connectivity index (χ1) is 34.4. The molecular weight excluding hydrogens is 1030 g/mol. The van der Waals surface area contributed by atoms with Gasteiger partial charge < -0.3 is 9.47 Å². The molecule has 0 radical (unpaired) electrons. The molecule has 0 spiro atoms. The van der Waals surface area contributed by atoms with E-state index in [2.05, 4.69) is 19.9 Å². The summed E-state index contributed by atoms with van der Waals surface area (Å²) in [6.07, 6.45) is 11.4. The van der Waals surface area contributed by atoms with E-state index in [1.54, 1.807) is 24.3 Å². The molecule has 4 aromatic heterocycles. The van der Waals surface area contributed by atoms with Crippen LogP contribution in [0.25, 0.3) is 0 Å². The number of aromatic nitrogens is 8. The van der Waals surface area contributed by atoms with Gasteiger partial charge in [-0.15, -0.1) is 0 Å². The van der Waals surface area contributed by atoms with E-state index in [1.807, 2.05) is 47.9 Å². The molecule has 25 nitrogen and oxygen atoms in total. The summed E-state index contributed by atoms with van der Waals surface area (Å²) in [5.41, 5.74) is 3.14. The molecule has 6 rings (SSSR count). The molecule has 0 atom stereocenters. The molecule has 0 saturated heterocycles. The number of hydrogen-bond donors (Lipinski definition) is 0. The van der Waals surface area contributed by atoms with E-state index in [0.717, 1.165) is 56.1 Å². The van der Waals surface area contributed by atoms with Crippen molar-refractivity contribution >= 4 is 47.1 Å². The Bertz CT molecular complexity index is 3030. The number of rotatable bonds is 26. The minimum absolute atomic E-state index is 0.0877. The Hall–Kier alpha value is -5.57. The lowest BCUT2D eigenvalue weighted by Gasteiger charge is -2.24. The molecule has 29 heteroatoms. The van der Waals surface area contributed by atoms with Gasteiger partial charge in [-0.25, -0.2) is 35.8 Å². The molecule has 6 aromatic rings. The molecule has 0 unspecified atom stereocenters. The normalized spacial score (nSPS) is 12.8. The van der Waals surface area contributed by atoms with Crippen LogP contribution in [0, 0.1) is 0 Å². The molecule has 0 saturated carbocycles. The summed E-state index contributed by atoms with van der Waals surface area (Å²) in [6, 6.07) is 14.6. The Balaban J connectivity index is 0.000000273. The third-order valence-electron chi connectivity index (χ3n) is 10.8. The van der Waals surface area contributed by atoms with E-state index in [4.69, 9.17) is 9.47 Å². The van der Waals surface area contributed by atoms with Crippen molar-refractivity contribution in [2.45, 2.75) is 59.4 Å². The quantitative estimate of drug-likeness (QED) is 0.0556. The highest BCUT2D eigenvalue weighted by atomic mass is 32.2. The number of benzene rings is 2. The zero-order valence-corrected chi connectivity index (χ0v) is 45.7. The van der Waals surface area contributed by atoms with Gasteiger partial charge in [0, 0.05) is 143 Å². The van der Waals surface area contributed by atoms with E-state index in [0.29, 0.717) is 31.9 Å². The van der Waals surface area contributed by atoms with E-state index in [-0.39, 0.29) is 49.5 Å². The molecule has 0 aliphatic carbocycles. The Morgan fingerprint density at radius 3 is 0.973 bits per heavy atom. The maximum absolute atomic E-state index is 12.8. The van der Waals surface area contributed by atoms with Gasteiger partial charge in [0.25, 0.3) is 0 Å². The van der Waals surface area contributed by atoms with Crippen LogP contribution in [0.1, 0.15) is 70.5 Å². The lowest BCUT2D eigenvalue weighted by molar-refractivity contribution is -0.140. The maximum Gasteiger partial charge on any atom is 0.308 e. The third-order valence-corrected chi connectivity index (χ3v) is 17.8. The summed E-state index contributed by atoms with van der Waals surface area (Å²) >= 11 is 0. The Morgan fingerprint density at radius 2 is 0.726 bits per heavy atom. The van der Waals surface area contributed by atoms with Crippen LogP contribution in [0.5, 0.6) is 0 Å². The van der Waals surface area contributed by atoms with Gasteiger partial charge in [-0.2, -0.15) is 50.9 Å². The Labute approximate surface area is 428 Å². The summed E-state index contributed by atoms with van der Waals surface area (Å²) in [5, 5.41) is 0. The highest BCUT2D eigenvalue weighted by Gasteiger charge is 2.27. The lowest BCUT2D eigenvalue weighted by atomic mass is 10.1. The van der Waals surface area contributed by atoms with E-state index in [9.17, 15) is 38.5 Å². The second kappa shape index (κ2) is 25.1. The van der Waals surface area contributed by atoms with Gasteiger partial charge in [0.1, 0.15) is 29.6 Å². The average Bonchev–Trinajstić information content (AvgIpc) is 4.19. The standard InChI is InChI=1S/C24H37N7O6S2.C20H27N7O5S2/c1-7-36-24(37-8-2)21-11-9-20(10-12-21)17-29(18-22-25-13-15-30(22)38(32,33)27(3)4)19-23-26-14-16-31(23)39(34,35)28(5)6;1-23(2)33(29,30)26-11-9-21-19(26)14-25(13-17-5-7-18(16-28)8-6-17)15-20-22-10-12-27(20)34(31,32)24(3)4/h9-16,24H,7-8,17-19H2,1-6H3;5-12,16H,13-15H2,1-4H3. The number of carbonyl (C=O) groups is 1. The smallest absolute Gasteiger partial charge is 0.308 e. The van der Waals surface area contributed by atoms with Gasteiger partial charge in [0.05, 0.1) is 26.2 Å². The minimum atomic E-state index is -3.80. The van der Waals surface area contributed by atoms with Crippen molar-refractivity contribution in [1.29, 1.82) is 0 Å². The van der Waals surface area contributed by atoms with Crippen molar-refractivity contribution in [3.05, 3.63) is 144 Å². The molecule has 0 amide bonds. The lowest BCUT2D eigenvalue weighted by Crippen LogP contribution is -2.34. The summed E-state index contributed by atoms with van der Waals surface area (Å²) in [4.78, 5) is 31.7. The van der Waals surface area contributed by atoms with Crippen LogP contribution in [-0.2, 0) is 89.6 Å². The fourth-order valence-electron chi connectivity index (χ4n) is 6.95. The first-order valence-electron chi connectivity index (χ1n) is 22.5. The number of nitrogens with zero attached hydrogens (tertiary/aromatic N) is 14. The summed E-state index contributed by atoms with van der Waals surface area (Å²) in [6.45, 7) is 5.89. The summed E-state index contributed by atoms with van der Waals surface area (Å²) in [7, 11) is -3.73. The molecule has 0 N–H and O–H groups in total. The average molecular weight is 1090 g/mol. The monoisotopic (exact) mass is 1090 g/mol. The van der Waals surface area contributed by atoms with Crippen LogP contribution >= 0.6 is 0 Å². The molecule has 0 fully saturated rings. The SMILES string of the molecule is CCOC(OCC)c1ccc(CN(Cc2nccn2S(=O)(=O)N(C)C)Cc2nccn2S(=O)(=O)N(C)C)cc1.CN(C)S(=O)(=O)n1ccnc1CN(Cc1ccc(C=O)cc1)Cc1nccn1S(=O)(=O)N(C)C. The highest BCUT2D eigenvalue weighted by molar-refractivity contribution is 7.88. The topological polar surface area (TPSA) is 263 Å². The third kappa shape index (κ3) is 14.4. The summed E-state index contributed by atoms with van der Waals surface area (Å²) in [5.74, 6) is 1.07. The number of hydrogen-bond acceptors (Lipinski definition) is 17. The molecule has 400 valence electrons. The molecule has 4 heterocycles. The zero-order chi connectivity index (χ0) is 53.9. The van der Waals surface area contributed by atoms with E-state index < -0.39 is 47.1 Å². The first-order valence-corrected chi connectivity index (χ1v) is 28.1. The number of imidazole rings is 4. The largest absolute Gasteiger partial charge is 0.349 e. The predicted molar refractivity (Wildman–Crippen MR) is 271 cm³/mol. The fourth-order valence-corrected chi connectivity index (χ4v) is 10.7. The highest BCUT2D eigenvalue weighted by Crippen LogP contribution is 2.23. The molecule has 0 aliphatic heterocycles. The molecule has 2 aromatic carbocycles. The van der Waals surface area contributed by atoms with Crippen LogP contribution in [-0.4, -0.2) is 172 Å². The minimum Gasteiger partial charge on any atom is -0.349 e. The van der Waals surface area contributed by atoms with Gasteiger partial charge in [0.2, 0.25) is 0 Å². The van der Waals surface area contributed by atoms with Crippen molar-refractivity contribution < 1.29 is 47.9 Å².